The first-order valence-corrected chi connectivity index (χ1v) is 8.60. The molecule has 0 radical (unpaired) electrons. The summed E-state index contributed by atoms with van der Waals surface area (Å²) in [7, 11) is 5.44. The van der Waals surface area contributed by atoms with Crippen LogP contribution in [0.3, 0.4) is 0 Å². The maximum absolute atomic E-state index is 5.34. The first kappa shape index (κ1) is 17.0. The topological polar surface area (TPSA) is 82.2 Å². The summed E-state index contributed by atoms with van der Waals surface area (Å²) in [6.07, 6.45) is 3.36. The Labute approximate surface area is 156 Å². The highest BCUT2D eigenvalue weighted by molar-refractivity contribution is 5.92. The predicted octanol–water partition coefficient (Wildman–Crippen LogP) is 2.86. The molecule has 0 saturated carbocycles. The molecule has 8 nitrogen and oxygen atoms in total. The third-order valence-corrected chi connectivity index (χ3v) is 4.71. The molecule has 3 heterocycles. The summed E-state index contributed by atoms with van der Waals surface area (Å²) in [5.41, 5.74) is 5.73. The predicted molar refractivity (Wildman–Crippen MR) is 104 cm³/mol. The lowest BCUT2D eigenvalue weighted by Crippen LogP contribution is -2.01. The minimum Gasteiger partial charge on any atom is -0.497 e. The average Bonchev–Trinajstić information content (AvgIpc) is 3.22. The van der Waals surface area contributed by atoms with Gasteiger partial charge in [0, 0.05) is 25.2 Å². The van der Waals surface area contributed by atoms with Gasteiger partial charge in [-0.15, -0.1) is 0 Å². The van der Waals surface area contributed by atoms with Crippen molar-refractivity contribution < 1.29 is 4.74 Å². The van der Waals surface area contributed by atoms with Gasteiger partial charge in [-0.1, -0.05) is 0 Å². The lowest BCUT2D eigenvalue weighted by Gasteiger charge is -2.11. The van der Waals surface area contributed by atoms with E-state index in [1.54, 1.807) is 11.6 Å². The summed E-state index contributed by atoms with van der Waals surface area (Å²) in [5, 5.41) is 12.0. The fourth-order valence-electron chi connectivity index (χ4n) is 3.40. The molecule has 0 aliphatic carbocycles. The molecule has 0 saturated heterocycles. The van der Waals surface area contributed by atoms with E-state index in [1.165, 1.54) is 6.33 Å². The lowest BCUT2D eigenvalue weighted by molar-refractivity contribution is 0.414. The molecule has 0 unspecified atom stereocenters. The van der Waals surface area contributed by atoms with Gasteiger partial charge in [0.1, 0.15) is 29.1 Å². The van der Waals surface area contributed by atoms with E-state index >= 15 is 0 Å². The average molecular weight is 363 g/mol. The number of anilines is 1. The maximum atomic E-state index is 5.34. The first-order valence-electron chi connectivity index (χ1n) is 8.60. The Bertz CT molecular complexity index is 1140. The van der Waals surface area contributed by atoms with Crippen LogP contribution in [0, 0.1) is 13.8 Å². The molecule has 0 fully saturated rings. The van der Waals surface area contributed by atoms with Crippen LogP contribution < -0.4 is 10.1 Å². The van der Waals surface area contributed by atoms with E-state index < -0.39 is 0 Å². The number of methoxy groups -OCH3 is 1. The number of imidazole rings is 1. The molecule has 27 heavy (non-hydrogen) atoms. The van der Waals surface area contributed by atoms with Crippen molar-refractivity contribution in [2.45, 2.75) is 13.8 Å². The van der Waals surface area contributed by atoms with Gasteiger partial charge in [-0.25, -0.2) is 14.5 Å². The standard InChI is InChI=1S/C19H21N7O/c1-11-8-13(27-5)6-7-14(11)17-15(9-22-25(17)4)16-18-19(20-3)21-10-23-26(18)12(2)24-16/h6-10H,1-5H3,(H,20,21,23). The summed E-state index contributed by atoms with van der Waals surface area (Å²) >= 11 is 0. The molecule has 0 aliphatic rings. The molecule has 0 amide bonds. The number of fused-ring (bicyclic) bond motifs is 1. The van der Waals surface area contributed by atoms with Crippen molar-refractivity contribution in [3.63, 3.8) is 0 Å². The third kappa shape index (κ3) is 2.61. The van der Waals surface area contributed by atoms with Crippen LogP contribution >= 0.6 is 0 Å². The van der Waals surface area contributed by atoms with Gasteiger partial charge in [-0.05, 0) is 37.6 Å². The van der Waals surface area contributed by atoms with E-state index in [0.29, 0.717) is 0 Å². The van der Waals surface area contributed by atoms with Gasteiger partial charge in [-0.2, -0.15) is 10.2 Å². The summed E-state index contributed by atoms with van der Waals surface area (Å²) in [6, 6.07) is 6.03. The quantitative estimate of drug-likeness (QED) is 0.600. The molecule has 4 rings (SSSR count). The molecule has 0 aliphatic heterocycles. The van der Waals surface area contributed by atoms with Gasteiger partial charge >= 0.3 is 0 Å². The number of aromatic nitrogens is 6. The third-order valence-electron chi connectivity index (χ3n) is 4.71. The largest absolute Gasteiger partial charge is 0.497 e. The minimum atomic E-state index is 0.724. The number of ether oxygens (including phenoxy) is 1. The Balaban J connectivity index is 2.00. The van der Waals surface area contributed by atoms with Gasteiger partial charge in [0.2, 0.25) is 0 Å². The van der Waals surface area contributed by atoms with Crippen molar-refractivity contribution in [1.82, 2.24) is 29.4 Å². The molecule has 0 bridgehead atoms. The Morgan fingerprint density at radius 1 is 1.11 bits per heavy atom. The Morgan fingerprint density at radius 2 is 1.93 bits per heavy atom. The van der Waals surface area contributed by atoms with Crippen LogP contribution in [0.5, 0.6) is 5.75 Å². The summed E-state index contributed by atoms with van der Waals surface area (Å²) in [5.74, 6) is 2.34. The summed E-state index contributed by atoms with van der Waals surface area (Å²) in [4.78, 5) is 9.12. The van der Waals surface area contributed by atoms with Gasteiger partial charge < -0.3 is 10.1 Å². The number of aryl methyl sites for hydroxylation is 3. The summed E-state index contributed by atoms with van der Waals surface area (Å²) in [6.45, 7) is 3.99. The highest BCUT2D eigenvalue weighted by Crippen LogP contribution is 2.37. The molecule has 1 N–H and O–H groups in total. The van der Waals surface area contributed by atoms with Crippen LogP contribution in [0.25, 0.3) is 28.0 Å². The van der Waals surface area contributed by atoms with Gasteiger partial charge in [0.05, 0.1) is 19.0 Å². The van der Waals surface area contributed by atoms with Crippen LogP contribution in [0.1, 0.15) is 11.4 Å². The zero-order valence-corrected chi connectivity index (χ0v) is 16.0. The zero-order valence-electron chi connectivity index (χ0n) is 16.0. The minimum absolute atomic E-state index is 0.724. The van der Waals surface area contributed by atoms with Gasteiger partial charge in [0.15, 0.2) is 5.82 Å². The molecule has 8 heteroatoms. The molecular formula is C19H21N7O. The SMILES string of the molecule is CNc1ncnn2c(C)nc(-c3cnn(C)c3-c3ccc(OC)cc3C)c12. The van der Waals surface area contributed by atoms with Crippen LogP contribution in [0.4, 0.5) is 5.82 Å². The molecule has 138 valence electrons. The number of hydrogen-bond donors (Lipinski definition) is 1. The van der Waals surface area contributed by atoms with Crippen molar-refractivity contribution in [2.24, 2.45) is 7.05 Å². The van der Waals surface area contributed by atoms with Crippen molar-refractivity contribution in [3.05, 3.63) is 42.1 Å². The fourth-order valence-corrected chi connectivity index (χ4v) is 3.40. The Hall–Kier alpha value is -3.42. The van der Waals surface area contributed by atoms with E-state index in [9.17, 15) is 0 Å². The fraction of sp³-hybridized carbons (Fsp3) is 0.263. The number of hydrogen-bond acceptors (Lipinski definition) is 6. The zero-order chi connectivity index (χ0) is 19.1. The van der Waals surface area contributed by atoms with Crippen LogP contribution in [0.2, 0.25) is 0 Å². The van der Waals surface area contributed by atoms with Crippen molar-refractivity contribution in [2.75, 3.05) is 19.5 Å². The second-order valence-corrected chi connectivity index (χ2v) is 6.34. The van der Waals surface area contributed by atoms with Crippen LogP contribution in [-0.2, 0) is 7.05 Å². The van der Waals surface area contributed by atoms with Crippen LogP contribution in [0.15, 0.2) is 30.7 Å². The molecule has 3 aromatic heterocycles. The second-order valence-electron chi connectivity index (χ2n) is 6.34. The Kier molecular flexibility index (Phi) is 4.02. The van der Waals surface area contributed by atoms with Gasteiger partial charge in [-0.3, -0.25) is 4.68 Å². The molecule has 1 aromatic carbocycles. The van der Waals surface area contributed by atoms with E-state index in [4.69, 9.17) is 9.72 Å². The first-order chi connectivity index (χ1) is 13.0. The van der Waals surface area contributed by atoms with Crippen molar-refractivity contribution in [3.8, 4) is 28.3 Å². The molecule has 0 atom stereocenters. The van der Waals surface area contributed by atoms with E-state index in [-0.39, 0.29) is 0 Å². The Morgan fingerprint density at radius 3 is 2.63 bits per heavy atom. The molecular weight excluding hydrogens is 342 g/mol. The molecule has 0 spiro atoms. The van der Waals surface area contributed by atoms with Crippen LogP contribution in [-0.4, -0.2) is 43.5 Å². The monoisotopic (exact) mass is 363 g/mol. The number of nitrogens with one attached hydrogen (secondary N) is 1. The number of benzene rings is 1. The lowest BCUT2D eigenvalue weighted by atomic mass is 10.0. The summed E-state index contributed by atoms with van der Waals surface area (Å²) < 4.78 is 9.01. The second kappa shape index (κ2) is 6.39. The normalized spacial score (nSPS) is 11.1. The smallest absolute Gasteiger partial charge is 0.156 e. The molecule has 4 aromatic rings. The number of rotatable bonds is 4. The van der Waals surface area contributed by atoms with Crippen molar-refractivity contribution in [1.29, 1.82) is 0 Å². The maximum Gasteiger partial charge on any atom is 0.156 e. The van der Waals surface area contributed by atoms with Crippen molar-refractivity contribution >= 4 is 11.3 Å². The van der Waals surface area contributed by atoms with E-state index in [0.717, 1.165) is 51.0 Å². The van der Waals surface area contributed by atoms with E-state index in [2.05, 4.69) is 33.5 Å². The van der Waals surface area contributed by atoms with Gasteiger partial charge in [0.25, 0.3) is 0 Å². The highest BCUT2D eigenvalue weighted by atomic mass is 16.5. The highest BCUT2D eigenvalue weighted by Gasteiger charge is 2.22. The van der Waals surface area contributed by atoms with E-state index in [1.807, 2.05) is 44.0 Å². The number of nitrogens with zero attached hydrogens (tertiary/aromatic N) is 6.